The topological polar surface area (TPSA) is 42.0 Å². The molecule has 0 bridgehead atoms. The number of carbonyl (C=O) groups is 1. The number of para-hydroxylation sites is 1. The second kappa shape index (κ2) is 9.02. The summed E-state index contributed by atoms with van der Waals surface area (Å²) in [6, 6.07) is 17.7. The van der Waals surface area contributed by atoms with Crippen molar-refractivity contribution in [3.8, 4) is 11.5 Å². The van der Waals surface area contributed by atoms with Crippen molar-refractivity contribution in [3.63, 3.8) is 0 Å². The van der Waals surface area contributed by atoms with Crippen molar-refractivity contribution in [3.05, 3.63) is 60.2 Å². The number of hydrogen-bond donors (Lipinski definition) is 0. The molecule has 172 valence electrons. The third-order valence-corrected chi connectivity index (χ3v) is 6.25. The monoisotopic (exact) mass is 448 g/mol. The van der Waals surface area contributed by atoms with Crippen molar-refractivity contribution in [1.82, 2.24) is 9.80 Å². The van der Waals surface area contributed by atoms with E-state index in [-0.39, 0.29) is 5.41 Å². The molecule has 1 atom stereocenters. The smallest absolute Gasteiger partial charge is 0.425 e. The number of carbonyl (C=O) groups excluding carboxylic acids is 1. The molecule has 1 amide bonds. The van der Waals surface area contributed by atoms with Gasteiger partial charge in [-0.3, -0.25) is 4.90 Å². The summed E-state index contributed by atoms with van der Waals surface area (Å²) in [4.78, 5) is 15.7. The number of amides is 1. The van der Waals surface area contributed by atoms with Gasteiger partial charge in [0, 0.05) is 25.0 Å². The predicted octanol–water partition coefficient (Wildman–Crippen LogP) is 5.46. The van der Waals surface area contributed by atoms with Crippen molar-refractivity contribution in [2.24, 2.45) is 5.41 Å². The van der Waals surface area contributed by atoms with Crippen molar-refractivity contribution in [2.45, 2.75) is 38.6 Å². The summed E-state index contributed by atoms with van der Waals surface area (Å²) >= 11 is 0. The molecule has 0 saturated carbocycles. The zero-order valence-electron chi connectivity index (χ0n) is 18.0. The van der Waals surface area contributed by atoms with Crippen LogP contribution in [-0.2, 0) is 11.3 Å². The van der Waals surface area contributed by atoms with Gasteiger partial charge in [-0.25, -0.2) is 4.79 Å². The number of alkyl halides is 3. The van der Waals surface area contributed by atoms with E-state index < -0.39 is 18.4 Å². The SMILES string of the molecule is CC(OC(=O)N1CC2(CCN(Cc3cccc(Oc4ccccc4)c3)CC2)C1)C(F)(F)F. The van der Waals surface area contributed by atoms with Gasteiger partial charge < -0.3 is 14.4 Å². The van der Waals surface area contributed by atoms with Gasteiger partial charge in [0.25, 0.3) is 0 Å². The lowest BCUT2D eigenvalue weighted by atomic mass is 9.72. The first-order chi connectivity index (χ1) is 15.2. The molecule has 0 aliphatic carbocycles. The van der Waals surface area contributed by atoms with Crippen molar-refractivity contribution in [2.75, 3.05) is 26.2 Å². The number of nitrogens with zero attached hydrogens (tertiary/aromatic N) is 2. The Kier molecular flexibility index (Phi) is 6.33. The van der Waals surface area contributed by atoms with E-state index in [0.29, 0.717) is 13.1 Å². The minimum atomic E-state index is -4.53. The molecule has 2 aromatic carbocycles. The Hall–Kier alpha value is -2.74. The van der Waals surface area contributed by atoms with Crippen LogP contribution in [-0.4, -0.2) is 54.4 Å². The minimum Gasteiger partial charge on any atom is -0.457 e. The van der Waals surface area contributed by atoms with Crippen LogP contribution in [0.15, 0.2) is 54.6 Å². The highest BCUT2D eigenvalue weighted by atomic mass is 19.4. The summed E-state index contributed by atoms with van der Waals surface area (Å²) in [6.45, 7) is 4.34. The van der Waals surface area contributed by atoms with Gasteiger partial charge in [-0.05, 0) is 62.7 Å². The molecule has 2 aliphatic rings. The number of piperidine rings is 1. The molecule has 0 N–H and O–H groups in total. The number of benzene rings is 2. The summed E-state index contributed by atoms with van der Waals surface area (Å²) in [5.74, 6) is 1.59. The van der Waals surface area contributed by atoms with Crippen molar-refractivity contribution < 1.29 is 27.4 Å². The Morgan fingerprint density at radius 1 is 1.03 bits per heavy atom. The van der Waals surface area contributed by atoms with E-state index in [1.54, 1.807) is 0 Å². The molecular weight excluding hydrogens is 421 g/mol. The number of likely N-dealkylation sites (tertiary alicyclic amines) is 2. The van der Waals surface area contributed by atoms with Gasteiger partial charge in [-0.15, -0.1) is 0 Å². The molecule has 5 nitrogen and oxygen atoms in total. The first kappa shape index (κ1) is 22.5. The van der Waals surface area contributed by atoms with Crippen LogP contribution in [0.1, 0.15) is 25.3 Å². The molecule has 0 aromatic heterocycles. The predicted molar refractivity (Wildman–Crippen MR) is 113 cm³/mol. The van der Waals surface area contributed by atoms with E-state index in [2.05, 4.69) is 15.7 Å². The summed E-state index contributed by atoms with van der Waals surface area (Å²) in [5, 5.41) is 0. The second-order valence-corrected chi connectivity index (χ2v) is 8.76. The van der Waals surface area contributed by atoms with E-state index in [1.165, 1.54) is 4.90 Å². The molecule has 0 radical (unpaired) electrons. The van der Waals surface area contributed by atoms with Crippen LogP contribution in [0.2, 0.25) is 0 Å². The minimum absolute atomic E-state index is 0.00470. The van der Waals surface area contributed by atoms with Crippen molar-refractivity contribution in [1.29, 1.82) is 0 Å². The summed E-state index contributed by atoms with van der Waals surface area (Å²) in [7, 11) is 0. The third kappa shape index (κ3) is 5.35. The maximum Gasteiger partial charge on any atom is 0.425 e. The highest BCUT2D eigenvalue weighted by molar-refractivity contribution is 5.69. The molecule has 2 fully saturated rings. The highest BCUT2D eigenvalue weighted by Gasteiger charge is 2.48. The fraction of sp³-hybridized carbons (Fsp3) is 0.458. The number of halogens is 3. The van der Waals surface area contributed by atoms with E-state index >= 15 is 0 Å². The molecule has 2 heterocycles. The summed E-state index contributed by atoms with van der Waals surface area (Å²) < 4.78 is 48.2. The van der Waals surface area contributed by atoms with Crippen LogP contribution in [0.4, 0.5) is 18.0 Å². The lowest BCUT2D eigenvalue weighted by Crippen LogP contribution is -2.62. The molecule has 1 spiro atoms. The highest BCUT2D eigenvalue weighted by Crippen LogP contribution is 2.41. The van der Waals surface area contributed by atoms with E-state index in [4.69, 9.17) is 4.74 Å². The van der Waals surface area contributed by atoms with Crippen LogP contribution in [0.25, 0.3) is 0 Å². The Bertz CT molecular complexity index is 920. The van der Waals surface area contributed by atoms with E-state index in [1.807, 2.05) is 48.5 Å². The standard InChI is InChI=1S/C24H27F3N2O3/c1-18(24(25,26)27)31-22(30)29-16-23(17-29)10-12-28(13-11-23)15-19-6-5-9-21(14-19)32-20-7-3-2-4-8-20/h2-9,14,18H,10-13,15-17H2,1H3. The molecule has 2 aromatic rings. The van der Waals surface area contributed by atoms with Crippen LogP contribution in [0.5, 0.6) is 11.5 Å². The van der Waals surface area contributed by atoms with Crippen LogP contribution in [0, 0.1) is 5.41 Å². The molecule has 2 aliphatic heterocycles. The molecule has 4 rings (SSSR count). The van der Waals surface area contributed by atoms with Crippen molar-refractivity contribution >= 4 is 6.09 Å². The normalized spacial score (nSPS) is 19.3. The molecular formula is C24H27F3N2O3. The molecule has 1 unspecified atom stereocenters. The summed E-state index contributed by atoms with van der Waals surface area (Å²) in [6.07, 6.45) is -5.68. The molecule has 8 heteroatoms. The maximum absolute atomic E-state index is 12.6. The van der Waals surface area contributed by atoms with Gasteiger partial charge in [0.1, 0.15) is 11.5 Å². The van der Waals surface area contributed by atoms with Crippen LogP contribution in [0.3, 0.4) is 0 Å². The van der Waals surface area contributed by atoms with Crippen LogP contribution >= 0.6 is 0 Å². The second-order valence-electron chi connectivity index (χ2n) is 8.76. The zero-order chi connectivity index (χ0) is 22.8. The van der Waals surface area contributed by atoms with E-state index in [9.17, 15) is 18.0 Å². The average Bonchev–Trinajstić information content (AvgIpc) is 2.73. The van der Waals surface area contributed by atoms with Gasteiger partial charge in [0.05, 0.1) is 0 Å². The molecule has 32 heavy (non-hydrogen) atoms. The van der Waals surface area contributed by atoms with Gasteiger partial charge in [0.15, 0.2) is 6.10 Å². The Balaban J connectivity index is 1.24. The van der Waals surface area contributed by atoms with Gasteiger partial charge in [0.2, 0.25) is 0 Å². The quantitative estimate of drug-likeness (QED) is 0.609. The summed E-state index contributed by atoms with van der Waals surface area (Å²) in [5.41, 5.74) is 1.16. The Labute approximate surface area is 185 Å². The average molecular weight is 448 g/mol. The lowest BCUT2D eigenvalue weighted by molar-refractivity contribution is -0.202. The first-order valence-electron chi connectivity index (χ1n) is 10.8. The fourth-order valence-corrected chi connectivity index (χ4v) is 4.28. The molecule has 2 saturated heterocycles. The Morgan fingerprint density at radius 3 is 2.34 bits per heavy atom. The zero-order valence-corrected chi connectivity index (χ0v) is 18.0. The van der Waals surface area contributed by atoms with Gasteiger partial charge in [-0.2, -0.15) is 13.2 Å². The van der Waals surface area contributed by atoms with Gasteiger partial charge in [-0.1, -0.05) is 30.3 Å². The maximum atomic E-state index is 12.6. The number of rotatable bonds is 5. The van der Waals surface area contributed by atoms with Gasteiger partial charge >= 0.3 is 12.3 Å². The Morgan fingerprint density at radius 2 is 1.69 bits per heavy atom. The van der Waals surface area contributed by atoms with E-state index in [0.717, 1.165) is 56.5 Å². The van der Waals surface area contributed by atoms with Crippen LogP contribution < -0.4 is 4.74 Å². The first-order valence-corrected chi connectivity index (χ1v) is 10.8. The third-order valence-electron chi connectivity index (χ3n) is 6.25. The number of ether oxygens (including phenoxy) is 2. The largest absolute Gasteiger partial charge is 0.457 e. The number of hydrogen-bond acceptors (Lipinski definition) is 4. The fourth-order valence-electron chi connectivity index (χ4n) is 4.28. The lowest BCUT2D eigenvalue weighted by Gasteiger charge is -2.53.